The lowest BCUT2D eigenvalue weighted by Crippen LogP contribution is -2.15. The summed E-state index contributed by atoms with van der Waals surface area (Å²) in [6.45, 7) is 2.06. The standard InChI is InChI=1S/C12H12BrN5/c1-8(15-2)10-4-3-9(13)5-11(10)18-7-16-12(6-14)17-18/h3-5,7-8,15H,1-2H3. The van der Waals surface area contributed by atoms with Gasteiger partial charge in [0.05, 0.1) is 5.69 Å². The van der Waals surface area contributed by atoms with Crippen LogP contribution in [0.5, 0.6) is 0 Å². The molecule has 6 heteroatoms. The van der Waals surface area contributed by atoms with Gasteiger partial charge in [0, 0.05) is 10.5 Å². The fourth-order valence-electron chi connectivity index (χ4n) is 1.67. The van der Waals surface area contributed by atoms with Gasteiger partial charge < -0.3 is 5.32 Å². The third kappa shape index (κ3) is 2.42. The highest BCUT2D eigenvalue weighted by Gasteiger charge is 2.12. The number of benzene rings is 1. The van der Waals surface area contributed by atoms with E-state index >= 15 is 0 Å². The molecule has 0 saturated heterocycles. The quantitative estimate of drug-likeness (QED) is 0.944. The number of nitrogens with one attached hydrogen (secondary N) is 1. The minimum atomic E-state index is 0.165. The number of rotatable bonds is 3. The summed E-state index contributed by atoms with van der Waals surface area (Å²) in [6, 6.07) is 8.07. The first-order valence-corrected chi connectivity index (χ1v) is 6.24. The van der Waals surface area contributed by atoms with Gasteiger partial charge in [-0.25, -0.2) is 9.67 Å². The van der Waals surface area contributed by atoms with E-state index in [9.17, 15) is 0 Å². The number of nitrogens with zero attached hydrogens (tertiary/aromatic N) is 4. The highest BCUT2D eigenvalue weighted by molar-refractivity contribution is 9.10. The molecule has 0 saturated carbocycles. The topological polar surface area (TPSA) is 66.5 Å². The first-order chi connectivity index (χ1) is 8.65. The summed E-state index contributed by atoms with van der Waals surface area (Å²) in [7, 11) is 1.90. The van der Waals surface area contributed by atoms with Crippen LogP contribution in [0.1, 0.15) is 24.4 Å². The zero-order valence-electron chi connectivity index (χ0n) is 10.1. The fourth-order valence-corrected chi connectivity index (χ4v) is 2.02. The predicted octanol–water partition coefficient (Wildman–Crippen LogP) is 2.18. The maximum Gasteiger partial charge on any atom is 0.252 e. The molecule has 0 aliphatic carbocycles. The summed E-state index contributed by atoms with van der Waals surface area (Å²) in [6.07, 6.45) is 1.55. The molecule has 18 heavy (non-hydrogen) atoms. The highest BCUT2D eigenvalue weighted by Crippen LogP contribution is 2.24. The van der Waals surface area contributed by atoms with Gasteiger partial charge in [-0.1, -0.05) is 22.0 Å². The van der Waals surface area contributed by atoms with Crippen molar-refractivity contribution in [3.8, 4) is 11.8 Å². The molecule has 1 N–H and O–H groups in total. The lowest BCUT2D eigenvalue weighted by molar-refractivity contribution is 0.643. The van der Waals surface area contributed by atoms with Crippen LogP contribution in [0, 0.1) is 11.3 Å². The van der Waals surface area contributed by atoms with Gasteiger partial charge in [0.15, 0.2) is 0 Å². The van der Waals surface area contributed by atoms with Crippen molar-refractivity contribution in [2.45, 2.75) is 13.0 Å². The molecule has 2 rings (SSSR count). The van der Waals surface area contributed by atoms with E-state index in [-0.39, 0.29) is 11.9 Å². The molecule has 0 radical (unpaired) electrons. The van der Waals surface area contributed by atoms with Crippen molar-refractivity contribution in [1.82, 2.24) is 20.1 Å². The Labute approximate surface area is 114 Å². The van der Waals surface area contributed by atoms with E-state index in [2.05, 4.69) is 38.3 Å². The molecular weight excluding hydrogens is 294 g/mol. The molecule has 0 fully saturated rings. The molecule has 5 nitrogen and oxygen atoms in total. The van der Waals surface area contributed by atoms with Gasteiger partial charge in [-0.05, 0) is 31.7 Å². The summed E-state index contributed by atoms with van der Waals surface area (Å²) < 4.78 is 2.57. The average molecular weight is 306 g/mol. The van der Waals surface area contributed by atoms with Gasteiger partial charge in [0.25, 0.3) is 5.82 Å². The third-order valence-electron chi connectivity index (χ3n) is 2.73. The zero-order valence-corrected chi connectivity index (χ0v) is 11.6. The molecule has 2 aromatic rings. The Hall–Kier alpha value is -1.71. The van der Waals surface area contributed by atoms with Crippen molar-refractivity contribution in [2.75, 3.05) is 7.05 Å². The first kappa shape index (κ1) is 12.7. The van der Waals surface area contributed by atoms with Crippen molar-refractivity contribution in [1.29, 1.82) is 5.26 Å². The van der Waals surface area contributed by atoms with Crippen LogP contribution in [0.3, 0.4) is 0 Å². The molecule has 1 unspecified atom stereocenters. The predicted molar refractivity (Wildman–Crippen MR) is 71.2 cm³/mol. The Morgan fingerprint density at radius 1 is 1.50 bits per heavy atom. The van der Waals surface area contributed by atoms with Crippen LogP contribution in [0.25, 0.3) is 5.69 Å². The maximum absolute atomic E-state index is 8.77. The second-order valence-electron chi connectivity index (χ2n) is 3.84. The fraction of sp³-hybridized carbons (Fsp3) is 0.250. The van der Waals surface area contributed by atoms with Gasteiger partial charge in [0.1, 0.15) is 12.4 Å². The highest BCUT2D eigenvalue weighted by atomic mass is 79.9. The summed E-state index contributed by atoms with van der Waals surface area (Å²) in [4.78, 5) is 3.92. The smallest absolute Gasteiger partial charge is 0.252 e. The summed E-state index contributed by atoms with van der Waals surface area (Å²) >= 11 is 3.44. The van der Waals surface area contributed by atoms with Crippen LogP contribution in [0.15, 0.2) is 29.0 Å². The molecule has 92 valence electrons. The first-order valence-electron chi connectivity index (χ1n) is 5.44. The van der Waals surface area contributed by atoms with Gasteiger partial charge in [0.2, 0.25) is 0 Å². The Balaban J connectivity index is 2.54. The summed E-state index contributed by atoms with van der Waals surface area (Å²) in [5.41, 5.74) is 2.00. The van der Waals surface area contributed by atoms with Crippen LogP contribution in [0.2, 0.25) is 0 Å². The van der Waals surface area contributed by atoms with Crippen LogP contribution < -0.4 is 5.32 Å². The third-order valence-corrected chi connectivity index (χ3v) is 3.22. The summed E-state index contributed by atoms with van der Waals surface area (Å²) in [5.74, 6) is 0.165. The molecular formula is C12H12BrN5. The minimum absolute atomic E-state index is 0.165. The number of nitriles is 1. The SMILES string of the molecule is CNC(C)c1ccc(Br)cc1-n1cnc(C#N)n1. The van der Waals surface area contributed by atoms with E-state index in [1.807, 2.05) is 31.3 Å². The molecule has 0 aliphatic rings. The second-order valence-corrected chi connectivity index (χ2v) is 4.75. The molecule has 1 aromatic heterocycles. The number of aromatic nitrogens is 3. The van der Waals surface area contributed by atoms with E-state index in [1.54, 1.807) is 11.0 Å². The Bertz CT molecular complexity index is 599. The number of hydrogen-bond acceptors (Lipinski definition) is 4. The Morgan fingerprint density at radius 2 is 2.28 bits per heavy atom. The maximum atomic E-state index is 8.77. The van der Waals surface area contributed by atoms with Crippen LogP contribution in [0.4, 0.5) is 0 Å². The number of hydrogen-bond donors (Lipinski definition) is 1. The van der Waals surface area contributed by atoms with E-state index < -0.39 is 0 Å². The van der Waals surface area contributed by atoms with Crippen LogP contribution in [-0.4, -0.2) is 21.8 Å². The van der Waals surface area contributed by atoms with Gasteiger partial charge in [-0.15, -0.1) is 5.10 Å². The average Bonchev–Trinajstić information content (AvgIpc) is 2.86. The van der Waals surface area contributed by atoms with E-state index in [0.29, 0.717) is 0 Å². The van der Waals surface area contributed by atoms with Crippen molar-refractivity contribution >= 4 is 15.9 Å². The van der Waals surface area contributed by atoms with E-state index in [0.717, 1.165) is 15.7 Å². The Kier molecular flexibility index (Phi) is 3.75. The largest absolute Gasteiger partial charge is 0.313 e. The summed E-state index contributed by atoms with van der Waals surface area (Å²) in [5, 5.41) is 16.1. The van der Waals surface area contributed by atoms with Gasteiger partial charge >= 0.3 is 0 Å². The lowest BCUT2D eigenvalue weighted by Gasteiger charge is -2.15. The van der Waals surface area contributed by atoms with Crippen LogP contribution >= 0.6 is 15.9 Å². The van der Waals surface area contributed by atoms with Crippen molar-refractivity contribution in [2.24, 2.45) is 0 Å². The lowest BCUT2D eigenvalue weighted by atomic mass is 10.1. The van der Waals surface area contributed by atoms with Gasteiger partial charge in [-0.3, -0.25) is 0 Å². The number of halogens is 1. The molecule has 1 aromatic carbocycles. The second kappa shape index (κ2) is 5.29. The van der Waals surface area contributed by atoms with E-state index in [1.165, 1.54) is 0 Å². The Morgan fingerprint density at radius 3 is 2.89 bits per heavy atom. The van der Waals surface area contributed by atoms with Crippen molar-refractivity contribution in [3.63, 3.8) is 0 Å². The molecule has 0 bridgehead atoms. The van der Waals surface area contributed by atoms with E-state index in [4.69, 9.17) is 5.26 Å². The van der Waals surface area contributed by atoms with Crippen molar-refractivity contribution in [3.05, 3.63) is 40.4 Å². The van der Waals surface area contributed by atoms with Gasteiger partial charge in [-0.2, -0.15) is 5.26 Å². The van der Waals surface area contributed by atoms with Crippen LogP contribution in [-0.2, 0) is 0 Å². The van der Waals surface area contributed by atoms with Crippen molar-refractivity contribution < 1.29 is 0 Å². The normalized spacial score (nSPS) is 12.1. The molecule has 0 aliphatic heterocycles. The monoisotopic (exact) mass is 305 g/mol. The molecule has 1 atom stereocenters. The zero-order chi connectivity index (χ0) is 13.1. The molecule has 0 spiro atoms. The molecule has 0 amide bonds. The molecule has 1 heterocycles. The minimum Gasteiger partial charge on any atom is -0.313 e.